The fraction of sp³-hybridized carbons (Fsp3) is 0.625. The van der Waals surface area contributed by atoms with Crippen molar-refractivity contribution in [2.75, 3.05) is 25.0 Å². The third-order valence-corrected chi connectivity index (χ3v) is 4.88. The number of piperidine rings is 1. The molecule has 1 aliphatic rings. The Morgan fingerprint density at radius 1 is 1.29 bits per heavy atom. The van der Waals surface area contributed by atoms with E-state index in [0.717, 1.165) is 38.5 Å². The molecular formula is C16H23BrF2N2. The highest BCUT2D eigenvalue weighted by Crippen LogP contribution is 2.27. The first-order valence-electron chi connectivity index (χ1n) is 7.64. The van der Waals surface area contributed by atoms with E-state index >= 15 is 0 Å². The lowest BCUT2D eigenvalue weighted by atomic mass is 9.90. The van der Waals surface area contributed by atoms with E-state index in [2.05, 4.69) is 40.0 Å². The van der Waals surface area contributed by atoms with Crippen LogP contribution in [0.3, 0.4) is 0 Å². The first-order valence-corrected chi connectivity index (χ1v) is 8.44. The van der Waals surface area contributed by atoms with E-state index < -0.39 is 11.6 Å². The summed E-state index contributed by atoms with van der Waals surface area (Å²) in [6, 6.07) is 2.58. The van der Waals surface area contributed by atoms with Crippen LogP contribution in [-0.2, 0) is 0 Å². The summed E-state index contributed by atoms with van der Waals surface area (Å²) in [5, 5.41) is 3.20. The molecule has 21 heavy (non-hydrogen) atoms. The summed E-state index contributed by atoms with van der Waals surface area (Å²) in [5.74, 6) is -0.578. The number of halogens is 3. The van der Waals surface area contributed by atoms with E-state index in [-0.39, 0.29) is 10.5 Å². The molecule has 5 heteroatoms. The number of nitrogens with one attached hydrogen (secondary N) is 1. The van der Waals surface area contributed by atoms with Crippen LogP contribution in [0, 0.1) is 17.6 Å². The molecule has 0 spiro atoms. The second kappa shape index (κ2) is 7.54. The van der Waals surface area contributed by atoms with Crippen LogP contribution in [0.15, 0.2) is 16.6 Å². The summed E-state index contributed by atoms with van der Waals surface area (Å²) in [4.78, 5) is 2.48. The van der Waals surface area contributed by atoms with Crippen LogP contribution in [0.5, 0.6) is 0 Å². The largest absolute Gasteiger partial charge is 0.380 e. The average molecular weight is 361 g/mol. The minimum Gasteiger partial charge on any atom is -0.380 e. The molecule has 0 saturated carbocycles. The number of anilines is 1. The second-order valence-electron chi connectivity index (χ2n) is 5.86. The molecule has 1 heterocycles. The van der Waals surface area contributed by atoms with Gasteiger partial charge in [0, 0.05) is 12.1 Å². The molecule has 0 aliphatic carbocycles. The van der Waals surface area contributed by atoms with Crippen LogP contribution in [0.1, 0.15) is 33.1 Å². The zero-order chi connectivity index (χ0) is 15.4. The van der Waals surface area contributed by atoms with Crippen molar-refractivity contribution < 1.29 is 8.78 Å². The third kappa shape index (κ3) is 4.39. The monoisotopic (exact) mass is 360 g/mol. The molecule has 2 nitrogen and oxygen atoms in total. The van der Waals surface area contributed by atoms with Gasteiger partial charge >= 0.3 is 0 Å². The van der Waals surface area contributed by atoms with Crippen LogP contribution in [0.25, 0.3) is 0 Å². The lowest BCUT2D eigenvalue weighted by Gasteiger charge is -2.35. The van der Waals surface area contributed by atoms with Gasteiger partial charge in [-0.05, 0) is 73.7 Å². The highest BCUT2D eigenvalue weighted by atomic mass is 79.9. The van der Waals surface area contributed by atoms with Crippen molar-refractivity contribution in [2.45, 2.75) is 39.2 Å². The van der Waals surface area contributed by atoms with Crippen molar-refractivity contribution in [3.63, 3.8) is 0 Å². The van der Waals surface area contributed by atoms with Gasteiger partial charge in [0.1, 0.15) is 11.6 Å². The lowest BCUT2D eigenvalue weighted by Crippen LogP contribution is -2.39. The summed E-state index contributed by atoms with van der Waals surface area (Å²) in [6.07, 6.45) is 3.43. The second-order valence-corrected chi connectivity index (χ2v) is 6.71. The Labute approximate surface area is 134 Å². The maximum Gasteiger partial charge on any atom is 0.149 e. The zero-order valence-corrected chi connectivity index (χ0v) is 14.2. The van der Waals surface area contributed by atoms with Gasteiger partial charge < -0.3 is 10.2 Å². The van der Waals surface area contributed by atoms with Gasteiger partial charge in [-0.25, -0.2) is 8.78 Å². The fourth-order valence-corrected chi connectivity index (χ4v) is 3.33. The Morgan fingerprint density at radius 3 is 2.57 bits per heavy atom. The van der Waals surface area contributed by atoms with Crippen molar-refractivity contribution in [2.24, 2.45) is 5.92 Å². The Kier molecular flexibility index (Phi) is 5.99. The Morgan fingerprint density at radius 2 is 1.95 bits per heavy atom. The van der Waals surface area contributed by atoms with Gasteiger partial charge in [0.15, 0.2) is 0 Å². The van der Waals surface area contributed by atoms with Gasteiger partial charge in [0.05, 0.1) is 10.2 Å². The molecule has 2 rings (SSSR count). The molecule has 0 bridgehead atoms. The molecule has 0 aromatic heterocycles. The van der Waals surface area contributed by atoms with Crippen molar-refractivity contribution in [1.82, 2.24) is 4.90 Å². The number of rotatable bonds is 5. The number of likely N-dealkylation sites (tertiary alicyclic amines) is 1. The Hall–Kier alpha value is -0.680. The molecule has 1 saturated heterocycles. The summed E-state index contributed by atoms with van der Waals surface area (Å²) in [6.45, 7) is 7.66. The molecule has 1 aromatic carbocycles. The van der Waals surface area contributed by atoms with E-state index in [1.807, 2.05) is 0 Å². The van der Waals surface area contributed by atoms with Gasteiger partial charge in [0.25, 0.3) is 0 Å². The molecule has 1 aromatic rings. The summed E-state index contributed by atoms with van der Waals surface area (Å²) in [5.41, 5.74) is 0.367. The average Bonchev–Trinajstić information content (AvgIpc) is 2.46. The van der Waals surface area contributed by atoms with Crippen LogP contribution >= 0.6 is 15.9 Å². The molecule has 0 radical (unpaired) electrons. The SMILES string of the molecule is CCCN1CCC(C(C)Nc2cc(Br)c(F)cc2F)CC1. The topological polar surface area (TPSA) is 15.3 Å². The van der Waals surface area contributed by atoms with Crippen LogP contribution in [0.2, 0.25) is 0 Å². The maximum absolute atomic E-state index is 13.8. The Bertz CT molecular complexity index is 474. The van der Waals surface area contributed by atoms with E-state index in [0.29, 0.717) is 11.6 Å². The smallest absolute Gasteiger partial charge is 0.149 e. The standard InChI is InChI=1S/C16H23BrF2N2/c1-3-6-21-7-4-12(5-8-21)11(2)20-16-9-13(17)14(18)10-15(16)19/h9-12,20H,3-8H2,1-2H3. The molecule has 118 valence electrons. The quantitative estimate of drug-likeness (QED) is 0.768. The molecule has 1 unspecified atom stereocenters. The van der Waals surface area contributed by atoms with Crippen LogP contribution < -0.4 is 5.32 Å². The third-order valence-electron chi connectivity index (χ3n) is 4.27. The van der Waals surface area contributed by atoms with Crippen LogP contribution in [0.4, 0.5) is 14.5 Å². The normalized spacial score (nSPS) is 18.7. The highest BCUT2D eigenvalue weighted by molar-refractivity contribution is 9.10. The predicted octanol–water partition coefficient (Wildman–Crippen LogP) is 4.65. The first-order chi connectivity index (χ1) is 10.0. The van der Waals surface area contributed by atoms with E-state index in [1.54, 1.807) is 0 Å². The van der Waals surface area contributed by atoms with Crippen molar-refractivity contribution >= 4 is 21.6 Å². The molecule has 0 amide bonds. The van der Waals surface area contributed by atoms with Gasteiger partial charge in [-0.15, -0.1) is 0 Å². The molecule has 1 fully saturated rings. The highest BCUT2D eigenvalue weighted by Gasteiger charge is 2.24. The van der Waals surface area contributed by atoms with Gasteiger partial charge in [0.2, 0.25) is 0 Å². The lowest BCUT2D eigenvalue weighted by molar-refractivity contribution is 0.176. The number of hydrogen-bond acceptors (Lipinski definition) is 2. The van der Waals surface area contributed by atoms with Crippen LogP contribution in [-0.4, -0.2) is 30.6 Å². The zero-order valence-electron chi connectivity index (χ0n) is 12.6. The molecule has 1 aliphatic heterocycles. The summed E-state index contributed by atoms with van der Waals surface area (Å²) in [7, 11) is 0. The summed E-state index contributed by atoms with van der Waals surface area (Å²) < 4.78 is 27.3. The van der Waals surface area contributed by atoms with Crippen molar-refractivity contribution in [3.05, 3.63) is 28.2 Å². The maximum atomic E-state index is 13.8. The van der Waals surface area contributed by atoms with E-state index in [4.69, 9.17) is 0 Å². The molecular weight excluding hydrogens is 338 g/mol. The minimum atomic E-state index is -0.571. The fourth-order valence-electron chi connectivity index (χ4n) is 2.99. The van der Waals surface area contributed by atoms with Gasteiger partial charge in [-0.2, -0.15) is 0 Å². The number of nitrogens with zero attached hydrogens (tertiary/aromatic N) is 1. The molecule has 1 atom stereocenters. The van der Waals surface area contributed by atoms with Gasteiger partial charge in [-0.3, -0.25) is 0 Å². The number of benzene rings is 1. The van der Waals surface area contributed by atoms with Crippen molar-refractivity contribution in [1.29, 1.82) is 0 Å². The Balaban J connectivity index is 1.93. The van der Waals surface area contributed by atoms with E-state index in [9.17, 15) is 8.78 Å². The van der Waals surface area contributed by atoms with Gasteiger partial charge in [-0.1, -0.05) is 6.92 Å². The number of hydrogen-bond donors (Lipinski definition) is 1. The van der Waals surface area contributed by atoms with Crippen molar-refractivity contribution in [3.8, 4) is 0 Å². The minimum absolute atomic E-state index is 0.181. The molecule has 1 N–H and O–H groups in total. The predicted molar refractivity (Wildman–Crippen MR) is 86.6 cm³/mol. The van der Waals surface area contributed by atoms with E-state index in [1.165, 1.54) is 12.5 Å². The summed E-state index contributed by atoms with van der Waals surface area (Å²) >= 11 is 3.10. The first kappa shape index (κ1) is 16.7.